The van der Waals surface area contributed by atoms with Gasteiger partial charge in [-0.2, -0.15) is 9.50 Å². The molecule has 0 unspecified atom stereocenters. The van der Waals surface area contributed by atoms with E-state index in [2.05, 4.69) is 36.5 Å². The van der Waals surface area contributed by atoms with E-state index in [1.54, 1.807) is 48.2 Å². The predicted octanol–water partition coefficient (Wildman–Crippen LogP) is 3.65. The lowest BCUT2D eigenvalue weighted by Gasteiger charge is -2.36. The molecule has 1 aliphatic rings. The highest BCUT2D eigenvalue weighted by atomic mass is 35.5. The van der Waals surface area contributed by atoms with Crippen molar-refractivity contribution in [1.29, 1.82) is 0 Å². The summed E-state index contributed by atoms with van der Waals surface area (Å²) in [5.74, 6) is -0.246. The Hall–Kier alpha value is -5.08. The first-order valence-corrected chi connectivity index (χ1v) is 14.2. The molecule has 5 heterocycles. The number of carbonyl (C=O) groups is 1. The van der Waals surface area contributed by atoms with Gasteiger partial charge in [0.2, 0.25) is 17.7 Å². The normalized spacial score (nSPS) is 14.8. The fourth-order valence-corrected chi connectivity index (χ4v) is 5.75. The number of halogens is 2. The van der Waals surface area contributed by atoms with E-state index in [1.807, 2.05) is 4.90 Å². The molecule has 0 radical (unpaired) electrons. The zero-order chi connectivity index (χ0) is 31.0. The third-order valence-corrected chi connectivity index (χ3v) is 7.80. The zero-order valence-electron chi connectivity index (χ0n) is 23.8. The number of nitrogen functional groups attached to an aromatic ring is 1. The molecule has 1 aromatic carbocycles. The van der Waals surface area contributed by atoms with Crippen LogP contribution in [0, 0.1) is 5.82 Å². The molecule has 1 aliphatic heterocycles. The Morgan fingerprint density at radius 1 is 1.20 bits per heavy atom. The van der Waals surface area contributed by atoms with Crippen LogP contribution in [-0.4, -0.2) is 78.9 Å². The van der Waals surface area contributed by atoms with Gasteiger partial charge in [-0.25, -0.2) is 14.4 Å². The number of aromatic nitrogens is 6. The number of primary amides is 1. The van der Waals surface area contributed by atoms with Crippen LogP contribution in [0.5, 0.6) is 0 Å². The molecule has 1 saturated heterocycles. The van der Waals surface area contributed by atoms with Crippen molar-refractivity contribution in [2.24, 2.45) is 10.7 Å². The summed E-state index contributed by atoms with van der Waals surface area (Å²) >= 11 is 6.76. The van der Waals surface area contributed by atoms with Crippen molar-refractivity contribution in [2.75, 3.05) is 43.4 Å². The first kappa shape index (κ1) is 29.0. The number of fused-ring (bicyclic) bond motifs is 3. The number of hydrogen-bond donors (Lipinski definition) is 2. The van der Waals surface area contributed by atoms with E-state index < -0.39 is 5.91 Å². The molecule has 0 spiro atoms. The molecule has 0 bridgehead atoms. The standard InChI is InChI=1S/C29H29ClFN11O2/c1-3-5-19(34-4-2)25-36-27-21-22(30)23(24(32)43)41(26(21)37-29(33)42(27)38-25)14-11-39-9-12-40(13-10-39)20-16-17(6-7-18(20)31)28-35-8-15-44-28/h3-8,15-16H,1,9-14H2,2H3,(H2,32,43)(H2,33,37)/b19-5-,34-4?. The van der Waals surface area contributed by atoms with E-state index in [9.17, 15) is 9.18 Å². The molecule has 1 amide bonds. The molecule has 13 nitrogen and oxygen atoms in total. The van der Waals surface area contributed by atoms with Crippen molar-refractivity contribution in [3.05, 3.63) is 71.7 Å². The number of aliphatic imine (C=N–C) groups is 1. The minimum Gasteiger partial charge on any atom is -0.445 e. The van der Waals surface area contributed by atoms with Gasteiger partial charge in [-0.1, -0.05) is 24.3 Å². The number of hydrogen-bond acceptors (Lipinski definition) is 10. The third kappa shape index (κ3) is 5.18. The summed E-state index contributed by atoms with van der Waals surface area (Å²) in [6.07, 6.45) is 7.89. The number of carbonyl (C=O) groups excluding carboxylic acids is 1. The number of allylic oxidation sites excluding steroid dienone is 2. The summed E-state index contributed by atoms with van der Waals surface area (Å²) in [6, 6.07) is 4.82. The van der Waals surface area contributed by atoms with Crippen molar-refractivity contribution >= 4 is 57.7 Å². The van der Waals surface area contributed by atoms with Crippen LogP contribution < -0.4 is 16.4 Å². The van der Waals surface area contributed by atoms with Gasteiger partial charge in [-0.15, -0.1) is 5.10 Å². The Labute approximate surface area is 255 Å². The summed E-state index contributed by atoms with van der Waals surface area (Å²) in [7, 11) is 0. The maximum absolute atomic E-state index is 14.8. The quantitative estimate of drug-likeness (QED) is 0.186. The largest absolute Gasteiger partial charge is 0.445 e. The van der Waals surface area contributed by atoms with Crippen LogP contribution in [0.15, 0.2) is 58.8 Å². The van der Waals surface area contributed by atoms with E-state index in [0.29, 0.717) is 78.8 Å². The number of amides is 1. The van der Waals surface area contributed by atoms with Gasteiger partial charge in [0.1, 0.15) is 29.1 Å². The fraction of sp³-hybridized carbons (Fsp3) is 0.241. The van der Waals surface area contributed by atoms with Gasteiger partial charge in [-0.05, 0) is 31.2 Å². The fourth-order valence-electron chi connectivity index (χ4n) is 5.38. The lowest BCUT2D eigenvalue weighted by atomic mass is 10.1. The van der Waals surface area contributed by atoms with Gasteiger partial charge in [0, 0.05) is 51.0 Å². The van der Waals surface area contributed by atoms with Gasteiger partial charge in [0.15, 0.2) is 5.65 Å². The maximum atomic E-state index is 14.8. The molecule has 0 aliphatic carbocycles. The smallest absolute Gasteiger partial charge is 0.266 e. The SMILES string of the molecule is C=C/C=C(\N=CC)c1nc2c3c(Cl)c(C(N)=O)n(CCN4CCN(c5cc(-c6ncco6)ccc5F)CC4)c3nc(N)n2n1. The molecule has 44 heavy (non-hydrogen) atoms. The molecular weight excluding hydrogens is 589 g/mol. The highest BCUT2D eigenvalue weighted by molar-refractivity contribution is 6.40. The average Bonchev–Trinajstić information content (AvgIpc) is 3.76. The lowest BCUT2D eigenvalue weighted by molar-refractivity contribution is 0.0991. The Bertz CT molecular complexity index is 1940. The second-order valence-electron chi connectivity index (χ2n) is 10.0. The highest BCUT2D eigenvalue weighted by Gasteiger charge is 2.27. The molecule has 1 fully saturated rings. The van der Waals surface area contributed by atoms with Gasteiger partial charge in [0.25, 0.3) is 5.91 Å². The van der Waals surface area contributed by atoms with Gasteiger partial charge >= 0.3 is 0 Å². The molecule has 15 heteroatoms. The molecule has 0 saturated carbocycles. The molecule has 226 valence electrons. The van der Waals surface area contributed by atoms with E-state index >= 15 is 0 Å². The zero-order valence-corrected chi connectivity index (χ0v) is 24.6. The topological polar surface area (TPSA) is 162 Å². The first-order valence-electron chi connectivity index (χ1n) is 13.8. The summed E-state index contributed by atoms with van der Waals surface area (Å²) < 4.78 is 23.2. The van der Waals surface area contributed by atoms with Crippen molar-refractivity contribution < 1.29 is 13.6 Å². The van der Waals surface area contributed by atoms with E-state index in [0.717, 1.165) is 0 Å². The van der Waals surface area contributed by atoms with Crippen molar-refractivity contribution in [1.82, 2.24) is 34.0 Å². The minimum absolute atomic E-state index is 0.0544. The molecule has 4 aromatic heterocycles. The van der Waals surface area contributed by atoms with Crippen LogP contribution in [0.4, 0.5) is 16.0 Å². The monoisotopic (exact) mass is 617 g/mol. The van der Waals surface area contributed by atoms with Crippen molar-refractivity contribution in [2.45, 2.75) is 13.5 Å². The predicted molar refractivity (Wildman–Crippen MR) is 167 cm³/mol. The number of anilines is 2. The highest BCUT2D eigenvalue weighted by Crippen LogP contribution is 2.34. The lowest BCUT2D eigenvalue weighted by Crippen LogP contribution is -2.47. The average molecular weight is 618 g/mol. The van der Waals surface area contributed by atoms with Crippen LogP contribution >= 0.6 is 11.6 Å². The second kappa shape index (κ2) is 11.9. The second-order valence-corrected chi connectivity index (χ2v) is 10.4. The Morgan fingerprint density at radius 3 is 2.68 bits per heavy atom. The number of oxazole rings is 1. The first-order chi connectivity index (χ1) is 21.3. The van der Waals surface area contributed by atoms with Crippen molar-refractivity contribution in [3.8, 4) is 11.5 Å². The van der Waals surface area contributed by atoms with Gasteiger partial charge in [0.05, 0.1) is 22.3 Å². The number of piperazine rings is 1. The van der Waals surface area contributed by atoms with Crippen molar-refractivity contribution in [3.63, 3.8) is 0 Å². The summed E-state index contributed by atoms with van der Waals surface area (Å²) in [5.41, 5.74) is 14.5. The number of nitrogens with zero attached hydrogens (tertiary/aromatic N) is 9. The minimum atomic E-state index is -0.710. The Balaban J connectivity index is 1.26. The van der Waals surface area contributed by atoms with E-state index in [4.69, 9.17) is 27.5 Å². The molecule has 4 N–H and O–H groups in total. The Kier molecular flexibility index (Phi) is 7.84. The number of rotatable bonds is 9. The molecular formula is C29H29ClFN11O2. The van der Waals surface area contributed by atoms with Crippen LogP contribution in [0.2, 0.25) is 5.02 Å². The Morgan fingerprint density at radius 2 is 2.00 bits per heavy atom. The summed E-state index contributed by atoms with van der Waals surface area (Å²) in [6.45, 7) is 8.89. The van der Waals surface area contributed by atoms with Crippen LogP contribution in [0.3, 0.4) is 0 Å². The summed E-state index contributed by atoms with van der Waals surface area (Å²) in [4.78, 5) is 34.5. The van der Waals surface area contributed by atoms with Gasteiger partial charge in [-0.3, -0.25) is 14.7 Å². The molecule has 5 aromatic rings. The maximum Gasteiger partial charge on any atom is 0.266 e. The summed E-state index contributed by atoms with van der Waals surface area (Å²) in [5, 5.41) is 4.97. The third-order valence-electron chi connectivity index (χ3n) is 7.43. The van der Waals surface area contributed by atoms with Crippen LogP contribution in [0.1, 0.15) is 23.2 Å². The molecule has 0 atom stereocenters. The van der Waals surface area contributed by atoms with Crippen LogP contribution in [0.25, 0.3) is 33.8 Å². The van der Waals surface area contributed by atoms with Crippen LogP contribution in [-0.2, 0) is 6.54 Å². The number of benzene rings is 1. The van der Waals surface area contributed by atoms with E-state index in [-0.39, 0.29) is 28.3 Å². The van der Waals surface area contributed by atoms with Gasteiger partial charge < -0.3 is 25.4 Å². The van der Waals surface area contributed by atoms with E-state index in [1.165, 1.54) is 16.8 Å². The number of nitrogens with two attached hydrogens (primary N) is 2. The molecule has 6 rings (SSSR count).